The second kappa shape index (κ2) is 4.70. The molecule has 3 heteroatoms. The van der Waals surface area contributed by atoms with E-state index in [1.807, 2.05) is 0 Å². The van der Waals surface area contributed by atoms with Crippen molar-refractivity contribution in [1.29, 1.82) is 0 Å². The SMILES string of the molecule is CCNC[C@@H]1CNC[C@@H](C)O1. The lowest BCUT2D eigenvalue weighted by Gasteiger charge is -2.28. The molecule has 0 unspecified atom stereocenters. The molecule has 1 saturated heterocycles. The van der Waals surface area contributed by atoms with E-state index in [1.165, 1.54) is 0 Å². The highest BCUT2D eigenvalue weighted by atomic mass is 16.5. The van der Waals surface area contributed by atoms with E-state index in [0.717, 1.165) is 26.2 Å². The van der Waals surface area contributed by atoms with Crippen LogP contribution in [0.1, 0.15) is 13.8 Å². The van der Waals surface area contributed by atoms with Crippen LogP contribution in [0.5, 0.6) is 0 Å². The van der Waals surface area contributed by atoms with E-state index in [9.17, 15) is 0 Å². The lowest BCUT2D eigenvalue weighted by molar-refractivity contribution is -0.0255. The highest BCUT2D eigenvalue weighted by Gasteiger charge is 2.17. The van der Waals surface area contributed by atoms with Crippen LogP contribution in [0.25, 0.3) is 0 Å². The molecule has 0 radical (unpaired) electrons. The summed E-state index contributed by atoms with van der Waals surface area (Å²) < 4.78 is 5.66. The molecule has 0 saturated carbocycles. The number of morpholine rings is 1. The van der Waals surface area contributed by atoms with Crippen LogP contribution < -0.4 is 10.6 Å². The monoisotopic (exact) mass is 158 g/mol. The molecule has 0 aromatic heterocycles. The Kier molecular flexibility index (Phi) is 3.83. The predicted molar refractivity (Wildman–Crippen MR) is 45.7 cm³/mol. The average molecular weight is 158 g/mol. The van der Waals surface area contributed by atoms with Crippen LogP contribution in [0.15, 0.2) is 0 Å². The van der Waals surface area contributed by atoms with Gasteiger partial charge < -0.3 is 15.4 Å². The summed E-state index contributed by atoms with van der Waals surface area (Å²) in [6.07, 6.45) is 0.728. The standard InChI is InChI=1S/C8H18N2O/c1-3-9-5-8-6-10-4-7(2)11-8/h7-10H,3-6H2,1-2H3/t7-,8-/m1/s1. The smallest absolute Gasteiger partial charge is 0.0827 e. The van der Waals surface area contributed by atoms with E-state index in [4.69, 9.17) is 4.74 Å². The topological polar surface area (TPSA) is 33.3 Å². The number of likely N-dealkylation sites (N-methyl/N-ethyl adjacent to an activating group) is 1. The van der Waals surface area contributed by atoms with Crippen LogP contribution in [0.4, 0.5) is 0 Å². The molecule has 0 aliphatic carbocycles. The van der Waals surface area contributed by atoms with E-state index in [-0.39, 0.29) is 0 Å². The molecule has 0 bridgehead atoms. The van der Waals surface area contributed by atoms with Crippen molar-refractivity contribution in [2.75, 3.05) is 26.2 Å². The van der Waals surface area contributed by atoms with Gasteiger partial charge in [-0.05, 0) is 13.5 Å². The van der Waals surface area contributed by atoms with Crippen molar-refractivity contribution in [1.82, 2.24) is 10.6 Å². The second-order valence-corrected chi connectivity index (χ2v) is 3.03. The summed E-state index contributed by atoms with van der Waals surface area (Å²) in [5.41, 5.74) is 0. The van der Waals surface area contributed by atoms with E-state index < -0.39 is 0 Å². The molecular formula is C8H18N2O. The Labute approximate surface area is 68.5 Å². The highest BCUT2D eigenvalue weighted by molar-refractivity contribution is 4.72. The van der Waals surface area contributed by atoms with Crippen molar-refractivity contribution in [3.63, 3.8) is 0 Å². The van der Waals surface area contributed by atoms with Crippen LogP contribution in [0, 0.1) is 0 Å². The normalized spacial score (nSPS) is 32.2. The van der Waals surface area contributed by atoms with Crippen LogP contribution >= 0.6 is 0 Å². The fraction of sp³-hybridized carbons (Fsp3) is 1.00. The molecule has 2 N–H and O–H groups in total. The molecule has 0 amide bonds. The third-order valence-electron chi connectivity index (χ3n) is 1.85. The number of rotatable bonds is 3. The maximum absolute atomic E-state index is 5.66. The highest BCUT2D eigenvalue weighted by Crippen LogP contribution is 2.01. The van der Waals surface area contributed by atoms with Crippen molar-refractivity contribution in [3.8, 4) is 0 Å². The third kappa shape index (κ3) is 3.18. The molecule has 0 spiro atoms. The van der Waals surface area contributed by atoms with Crippen molar-refractivity contribution in [2.24, 2.45) is 0 Å². The first-order chi connectivity index (χ1) is 5.33. The number of hydrogen-bond donors (Lipinski definition) is 2. The quantitative estimate of drug-likeness (QED) is 0.605. The van der Waals surface area contributed by atoms with Gasteiger partial charge in [0.2, 0.25) is 0 Å². The summed E-state index contributed by atoms with van der Waals surface area (Å²) in [6.45, 7) is 8.17. The van der Waals surface area contributed by atoms with Gasteiger partial charge >= 0.3 is 0 Å². The molecule has 1 aliphatic heterocycles. The number of nitrogens with one attached hydrogen (secondary N) is 2. The first-order valence-electron chi connectivity index (χ1n) is 4.39. The van der Waals surface area contributed by atoms with Gasteiger partial charge in [0.15, 0.2) is 0 Å². The van der Waals surface area contributed by atoms with Crippen molar-refractivity contribution >= 4 is 0 Å². The Bertz CT molecular complexity index is 108. The first kappa shape index (κ1) is 8.97. The molecule has 66 valence electrons. The van der Waals surface area contributed by atoms with E-state index in [1.54, 1.807) is 0 Å². The fourth-order valence-corrected chi connectivity index (χ4v) is 1.30. The van der Waals surface area contributed by atoms with Gasteiger partial charge in [0, 0.05) is 19.6 Å². The molecule has 2 atom stereocenters. The Morgan fingerprint density at radius 2 is 2.36 bits per heavy atom. The van der Waals surface area contributed by atoms with E-state index >= 15 is 0 Å². The van der Waals surface area contributed by atoms with Gasteiger partial charge in [-0.25, -0.2) is 0 Å². The molecule has 1 fully saturated rings. The first-order valence-corrected chi connectivity index (χ1v) is 4.39. The van der Waals surface area contributed by atoms with Gasteiger partial charge in [-0.2, -0.15) is 0 Å². The van der Waals surface area contributed by atoms with Crippen LogP contribution in [0.3, 0.4) is 0 Å². The van der Waals surface area contributed by atoms with Gasteiger partial charge in [-0.3, -0.25) is 0 Å². The Balaban J connectivity index is 2.12. The van der Waals surface area contributed by atoms with Gasteiger partial charge in [0.05, 0.1) is 12.2 Å². The average Bonchev–Trinajstić information content (AvgIpc) is 2.01. The largest absolute Gasteiger partial charge is 0.371 e. The van der Waals surface area contributed by atoms with Crippen molar-refractivity contribution in [3.05, 3.63) is 0 Å². The molecule has 0 aromatic rings. The van der Waals surface area contributed by atoms with E-state index in [2.05, 4.69) is 24.5 Å². The molecule has 1 aliphatic rings. The molecule has 1 rings (SSSR count). The third-order valence-corrected chi connectivity index (χ3v) is 1.85. The summed E-state index contributed by atoms with van der Waals surface area (Å²) in [5.74, 6) is 0. The molecule has 3 nitrogen and oxygen atoms in total. The van der Waals surface area contributed by atoms with E-state index in [0.29, 0.717) is 12.2 Å². The predicted octanol–water partition coefficient (Wildman–Crippen LogP) is -0.0272. The summed E-state index contributed by atoms with van der Waals surface area (Å²) in [6, 6.07) is 0. The molecule has 0 aromatic carbocycles. The van der Waals surface area contributed by atoms with Crippen molar-refractivity contribution in [2.45, 2.75) is 26.1 Å². The molecule has 1 heterocycles. The minimum Gasteiger partial charge on any atom is -0.371 e. The second-order valence-electron chi connectivity index (χ2n) is 3.03. The van der Waals surface area contributed by atoms with Crippen LogP contribution in [0.2, 0.25) is 0 Å². The Morgan fingerprint density at radius 1 is 1.55 bits per heavy atom. The number of ether oxygens (including phenoxy) is 1. The van der Waals surface area contributed by atoms with Crippen LogP contribution in [-0.4, -0.2) is 38.4 Å². The van der Waals surface area contributed by atoms with Gasteiger partial charge in [-0.15, -0.1) is 0 Å². The summed E-state index contributed by atoms with van der Waals surface area (Å²) in [5, 5.41) is 6.60. The molecular weight excluding hydrogens is 140 g/mol. The zero-order chi connectivity index (χ0) is 8.10. The van der Waals surface area contributed by atoms with Crippen molar-refractivity contribution < 1.29 is 4.74 Å². The van der Waals surface area contributed by atoms with Gasteiger partial charge in [0.1, 0.15) is 0 Å². The summed E-state index contributed by atoms with van der Waals surface area (Å²) >= 11 is 0. The minimum atomic E-state index is 0.360. The maximum Gasteiger partial charge on any atom is 0.0827 e. The lowest BCUT2D eigenvalue weighted by Crippen LogP contribution is -2.47. The van der Waals surface area contributed by atoms with Gasteiger partial charge in [0.25, 0.3) is 0 Å². The fourth-order valence-electron chi connectivity index (χ4n) is 1.30. The minimum absolute atomic E-state index is 0.360. The molecule has 11 heavy (non-hydrogen) atoms. The van der Waals surface area contributed by atoms with Crippen LogP contribution in [-0.2, 0) is 4.74 Å². The van der Waals surface area contributed by atoms with Gasteiger partial charge in [-0.1, -0.05) is 6.92 Å². The summed E-state index contributed by atoms with van der Waals surface area (Å²) in [4.78, 5) is 0. The Morgan fingerprint density at radius 3 is 3.00 bits per heavy atom. The summed E-state index contributed by atoms with van der Waals surface area (Å²) in [7, 11) is 0. The zero-order valence-electron chi connectivity index (χ0n) is 7.39. The Hall–Kier alpha value is -0.120. The zero-order valence-corrected chi connectivity index (χ0v) is 7.39. The maximum atomic E-state index is 5.66. The number of hydrogen-bond acceptors (Lipinski definition) is 3. The lowest BCUT2D eigenvalue weighted by atomic mass is 10.2.